The molecule has 1 amide bonds. The number of carbonyl (C=O) groups excluding carboxylic acids is 1. The van der Waals surface area contributed by atoms with E-state index in [0.29, 0.717) is 50.1 Å². The first kappa shape index (κ1) is 25.7. The van der Waals surface area contributed by atoms with Crippen molar-refractivity contribution in [2.24, 2.45) is 11.7 Å². The second-order valence-electron chi connectivity index (χ2n) is 10.1. The molecule has 4 aromatic rings. The summed E-state index contributed by atoms with van der Waals surface area (Å²) in [4.78, 5) is 21.4. The monoisotopic (exact) mass is 512 g/mol. The van der Waals surface area contributed by atoms with Crippen LogP contribution in [0.1, 0.15) is 42.5 Å². The quantitative estimate of drug-likeness (QED) is 0.427. The van der Waals surface area contributed by atoms with Crippen molar-refractivity contribution in [3.8, 4) is 6.07 Å². The van der Waals surface area contributed by atoms with Gasteiger partial charge in [-0.3, -0.25) is 14.1 Å². The minimum absolute atomic E-state index is 0. The molecule has 6 rings (SSSR count). The molecule has 8 heteroatoms. The molecule has 2 N–H and O–H groups in total. The highest BCUT2D eigenvalue weighted by Crippen LogP contribution is 2.38. The smallest absolute Gasteiger partial charge is 0.220 e. The summed E-state index contributed by atoms with van der Waals surface area (Å²) in [7, 11) is 0. The lowest BCUT2D eigenvalue weighted by atomic mass is 9.92. The zero-order valence-electron chi connectivity index (χ0n) is 20.7. The number of halogens is 1. The molecule has 2 aliphatic heterocycles. The molecule has 0 bridgehead atoms. The molecule has 38 heavy (non-hydrogen) atoms. The van der Waals surface area contributed by atoms with Crippen molar-refractivity contribution in [2.75, 3.05) is 31.1 Å². The molecule has 4 heterocycles. The van der Waals surface area contributed by atoms with Crippen LogP contribution in [0.5, 0.6) is 0 Å². The molecule has 1 fully saturated rings. The molecule has 2 aromatic carbocycles. The third-order valence-corrected chi connectivity index (χ3v) is 7.96. The number of para-hydroxylation sites is 2. The molecule has 196 valence electrons. The van der Waals surface area contributed by atoms with Gasteiger partial charge in [0.1, 0.15) is 17.7 Å². The number of amides is 1. The maximum atomic E-state index is 14.3. The first-order valence-corrected chi connectivity index (χ1v) is 12.9. The Morgan fingerprint density at radius 2 is 1.82 bits per heavy atom. The van der Waals surface area contributed by atoms with Crippen molar-refractivity contribution in [1.29, 1.82) is 5.26 Å². The number of fused-ring (bicyclic) bond motifs is 4. The molecule has 0 radical (unpaired) electrons. The van der Waals surface area contributed by atoms with E-state index in [1.807, 2.05) is 36.4 Å². The lowest BCUT2D eigenvalue weighted by molar-refractivity contribution is -0.122. The average molecular weight is 513 g/mol. The number of carbonyl (C=O) groups is 1. The lowest BCUT2D eigenvalue weighted by Crippen LogP contribution is -2.41. The number of rotatable bonds is 5. The fraction of sp³-hybridized carbons (Fsp3) is 0.367. The maximum Gasteiger partial charge on any atom is 0.220 e. The number of primary amides is 1. The van der Waals surface area contributed by atoms with Crippen molar-refractivity contribution < 1.29 is 9.18 Å². The molecule has 0 saturated carbocycles. The van der Waals surface area contributed by atoms with E-state index in [1.54, 1.807) is 6.07 Å². The van der Waals surface area contributed by atoms with E-state index in [0.717, 1.165) is 53.1 Å². The number of nitrogens with two attached hydrogens (primary N) is 1. The van der Waals surface area contributed by atoms with E-state index in [1.165, 1.54) is 6.07 Å². The van der Waals surface area contributed by atoms with Crippen LogP contribution in [-0.2, 0) is 24.2 Å². The van der Waals surface area contributed by atoms with Crippen LogP contribution in [-0.4, -0.2) is 46.4 Å². The van der Waals surface area contributed by atoms with E-state index in [-0.39, 0.29) is 25.1 Å². The minimum Gasteiger partial charge on any atom is -0.369 e. The molecule has 0 spiro atoms. The summed E-state index contributed by atoms with van der Waals surface area (Å²) in [5, 5.41) is 10.2. The van der Waals surface area contributed by atoms with Crippen LogP contribution in [0.4, 0.5) is 10.2 Å². The van der Waals surface area contributed by atoms with Gasteiger partial charge >= 0.3 is 0 Å². The van der Waals surface area contributed by atoms with Crippen molar-refractivity contribution in [3.63, 3.8) is 0 Å². The predicted octanol–water partition coefficient (Wildman–Crippen LogP) is 4.44. The molecular weight excluding hydrogens is 479 g/mol. The van der Waals surface area contributed by atoms with Crippen LogP contribution >= 0.6 is 0 Å². The summed E-state index contributed by atoms with van der Waals surface area (Å²) < 4.78 is 16.4. The normalized spacial score (nSPS) is 16.3. The van der Waals surface area contributed by atoms with E-state index in [9.17, 15) is 14.4 Å². The van der Waals surface area contributed by atoms with Gasteiger partial charge in [0.25, 0.3) is 0 Å². The summed E-state index contributed by atoms with van der Waals surface area (Å²) in [6, 6.07) is 17.4. The number of anilines is 1. The molecule has 1 saturated heterocycles. The molecule has 0 unspecified atom stereocenters. The van der Waals surface area contributed by atoms with Gasteiger partial charge in [-0.1, -0.05) is 37.8 Å². The standard InChI is InChI=1S/C29H29FN6O.CH4/c30-24-6-2-1-5-19(24)9-13-34-14-12-21-22(17-31)28-33-25-7-3-4-8-26(25)36(28)29(23(21)18-34)35-15-10-20(11-16-35)27(32)37;/h1-8,20H,9-16,18H2,(H2,32,37);1H4. The fourth-order valence-electron chi connectivity index (χ4n) is 5.97. The van der Waals surface area contributed by atoms with Gasteiger partial charge in [-0.05, 0) is 55.0 Å². The van der Waals surface area contributed by atoms with Gasteiger partial charge in [0.15, 0.2) is 5.65 Å². The van der Waals surface area contributed by atoms with Crippen molar-refractivity contribution in [2.45, 2.75) is 39.7 Å². The Kier molecular flexibility index (Phi) is 7.04. The molecule has 7 nitrogen and oxygen atoms in total. The van der Waals surface area contributed by atoms with Gasteiger partial charge < -0.3 is 10.6 Å². The first-order chi connectivity index (χ1) is 18.0. The molecule has 2 aliphatic rings. The van der Waals surface area contributed by atoms with Crippen LogP contribution < -0.4 is 10.6 Å². The van der Waals surface area contributed by atoms with Gasteiger partial charge in [-0.15, -0.1) is 0 Å². The largest absolute Gasteiger partial charge is 0.369 e. The Bertz CT molecular complexity index is 1550. The van der Waals surface area contributed by atoms with Gasteiger partial charge in [0.2, 0.25) is 5.91 Å². The summed E-state index contributed by atoms with van der Waals surface area (Å²) in [6.07, 6.45) is 2.77. The van der Waals surface area contributed by atoms with Crippen LogP contribution in [0.25, 0.3) is 16.7 Å². The van der Waals surface area contributed by atoms with E-state index >= 15 is 0 Å². The highest BCUT2D eigenvalue weighted by atomic mass is 19.1. The summed E-state index contributed by atoms with van der Waals surface area (Å²) >= 11 is 0. The van der Waals surface area contributed by atoms with E-state index < -0.39 is 0 Å². The number of benzene rings is 2. The predicted molar refractivity (Wildman–Crippen MR) is 147 cm³/mol. The van der Waals surface area contributed by atoms with Crippen LogP contribution in [0.15, 0.2) is 48.5 Å². The van der Waals surface area contributed by atoms with Crippen LogP contribution in [0.3, 0.4) is 0 Å². The number of nitriles is 1. The van der Waals surface area contributed by atoms with Gasteiger partial charge in [-0.2, -0.15) is 5.26 Å². The lowest BCUT2D eigenvalue weighted by Gasteiger charge is -2.38. The van der Waals surface area contributed by atoms with Gasteiger partial charge in [0.05, 0.1) is 16.6 Å². The number of nitrogens with zero attached hydrogens (tertiary/aromatic N) is 5. The molecule has 0 atom stereocenters. The summed E-state index contributed by atoms with van der Waals surface area (Å²) in [6.45, 7) is 3.63. The Morgan fingerprint density at radius 1 is 1.08 bits per heavy atom. The number of hydrogen-bond acceptors (Lipinski definition) is 5. The average Bonchev–Trinajstić information content (AvgIpc) is 3.30. The van der Waals surface area contributed by atoms with Gasteiger partial charge in [0, 0.05) is 44.2 Å². The topological polar surface area (TPSA) is 90.7 Å². The number of imidazole rings is 1. The summed E-state index contributed by atoms with van der Waals surface area (Å²) in [5.74, 6) is 0.532. The first-order valence-electron chi connectivity index (χ1n) is 12.9. The van der Waals surface area contributed by atoms with Crippen molar-refractivity contribution >= 4 is 28.4 Å². The van der Waals surface area contributed by atoms with Crippen molar-refractivity contribution in [3.05, 3.63) is 76.6 Å². The fourth-order valence-corrected chi connectivity index (χ4v) is 5.97. The summed E-state index contributed by atoms with van der Waals surface area (Å²) in [5.41, 5.74) is 11.7. The van der Waals surface area contributed by atoms with Gasteiger partial charge in [-0.25, -0.2) is 9.37 Å². The van der Waals surface area contributed by atoms with E-state index in [2.05, 4.69) is 20.3 Å². The Labute approximate surface area is 222 Å². The van der Waals surface area contributed by atoms with Crippen LogP contribution in [0, 0.1) is 23.1 Å². The van der Waals surface area contributed by atoms with E-state index in [4.69, 9.17) is 10.7 Å². The highest BCUT2D eigenvalue weighted by Gasteiger charge is 2.32. The Balaban J connectivity index is 0.00000294. The molecular formula is C30H33FN6O. The number of aromatic nitrogens is 2. The Morgan fingerprint density at radius 3 is 2.55 bits per heavy atom. The number of hydrogen-bond donors (Lipinski definition) is 1. The Hall–Kier alpha value is -3.96. The number of piperidine rings is 1. The SMILES string of the molecule is C.N#Cc1c2c(c(N3CCC(C(N)=O)CC3)n3c1nc1ccccc13)CN(CCc1ccccc1F)CC2. The third-order valence-electron chi connectivity index (χ3n) is 7.96. The number of pyridine rings is 1. The second kappa shape index (κ2) is 10.4. The maximum absolute atomic E-state index is 14.3. The third kappa shape index (κ3) is 4.37. The zero-order valence-corrected chi connectivity index (χ0v) is 20.7. The second-order valence-corrected chi connectivity index (χ2v) is 10.1. The molecule has 2 aromatic heterocycles. The van der Waals surface area contributed by atoms with Crippen molar-refractivity contribution in [1.82, 2.24) is 14.3 Å². The van der Waals surface area contributed by atoms with Crippen LogP contribution in [0.2, 0.25) is 0 Å². The highest BCUT2D eigenvalue weighted by molar-refractivity contribution is 5.86. The minimum atomic E-state index is -0.237. The zero-order chi connectivity index (χ0) is 25.5. The molecule has 0 aliphatic carbocycles.